The van der Waals surface area contributed by atoms with Gasteiger partial charge in [0.15, 0.2) is 0 Å². The van der Waals surface area contributed by atoms with Crippen LogP contribution in [0.4, 0.5) is 0 Å². The average molecular weight is 202 g/mol. The lowest BCUT2D eigenvalue weighted by Gasteiger charge is -2.14. The standard InChI is InChI=1S/C10H22N2O2/c1-5-11-6-8(2)10(13)12-7-9(3)14-4/h8-9,11H,5-7H2,1-4H3,(H,12,13). The molecule has 0 bridgehead atoms. The molecule has 2 atom stereocenters. The van der Waals surface area contributed by atoms with Crippen LogP contribution < -0.4 is 10.6 Å². The van der Waals surface area contributed by atoms with E-state index in [4.69, 9.17) is 4.74 Å². The molecule has 0 saturated carbocycles. The molecule has 0 radical (unpaired) electrons. The summed E-state index contributed by atoms with van der Waals surface area (Å²) < 4.78 is 5.03. The second kappa shape index (κ2) is 7.76. The normalized spacial score (nSPS) is 14.9. The number of methoxy groups -OCH3 is 1. The van der Waals surface area contributed by atoms with Crippen molar-refractivity contribution in [3.63, 3.8) is 0 Å². The van der Waals surface area contributed by atoms with Crippen LogP contribution in [0.5, 0.6) is 0 Å². The lowest BCUT2D eigenvalue weighted by molar-refractivity contribution is -0.124. The number of rotatable bonds is 7. The predicted molar refractivity (Wildman–Crippen MR) is 57.2 cm³/mol. The number of carbonyl (C=O) groups is 1. The van der Waals surface area contributed by atoms with Crippen molar-refractivity contribution in [1.29, 1.82) is 0 Å². The van der Waals surface area contributed by atoms with Crippen molar-refractivity contribution in [2.75, 3.05) is 26.7 Å². The Bertz CT molecular complexity index is 162. The maximum Gasteiger partial charge on any atom is 0.224 e. The van der Waals surface area contributed by atoms with Gasteiger partial charge in [0.2, 0.25) is 5.91 Å². The molecular formula is C10H22N2O2. The Morgan fingerprint density at radius 1 is 1.36 bits per heavy atom. The van der Waals surface area contributed by atoms with Crippen LogP contribution in [0.2, 0.25) is 0 Å². The van der Waals surface area contributed by atoms with Crippen LogP contribution in [0.25, 0.3) is 0 Å². The molecule has 14 heavy (non-hydrogen) atoms. The van der Waals surface area contributed by atoms with Gasteiger partial charge in [-0.05, 0) is 13.5 Å². The number of hydrogen-bond donors (Lipinski definition) is 2. The van der Waals surface area contributed by atoms with Crippen LogP contribution in [0.1, 0.15) is 20.8 Å². The third-order valence-electron chi connectivity index (χ3n) is 2.11. The fourth-order valence-corrected chi connectivity index (χ4v) is 0.955. The van der Waals surface area contributed by atoms with E-state index in [-0.39, 0.29) is 17.9 Å². The summed E-state index contributed by atoms with van der Waals surface area (Å²) >= 11 is 0. The summed E-state index contributed by atoms with van der Waals surface area (Å²) in [6.07, 6.45) is 0.0743. The second-order valence-corrected chi connectivity index (χ2v) is 3.50. The van der Waals surface area contributed by atoms with Crippen LogP contribution in [0.3, 0.4) is 0 Å². The van der Waals surface area contributed by atoms with Gasteiger partial charge in [0.25, 0.3) is 0 Å². The van der Waals surface area contributed by atoms with Gasteiger partial charge < -0.3 is 15.4 Å². The molecule has 2 unspecified atom stereocenters. The van der Waals surface area contributed by atoms with E-state index in [0.717, 1.165) is 13.1 Å². The highest BCUT2D eigenvalue weighted by Crippen LogP contribution is 1.93. The van der Waals surface area contributed by atoms with Gasteiger partial charge >= 0.3 is 0 Å². The fourth-order valence-electron chi connectivity index (χ4n) is 0.955. The summed E-state index contributed by atoms with van der Waals surface area (Å²) in [5.41, 5.74) is 0. The number of amides is 1. The SMILES string of the molecule is CCNCC(C)C(=O)NCC(C)OC. The van der Waals surface area contributed by atoms with E-state index >= 15 is 0 Å². The molecule has 0 aromatic carbocycles. The molecule has 0 heterocycles. The van der Waals surface area contributed by atoms with Crippen LogP contribution in [-0.2, 0) is 9.53 Å². The minimum Gasteiger partial charge on any atom is -0.380 e. The van der Waals surface area contributed by atoms with Gasteiger partial charge in [-0.25, -0.2) is 0 Å². The lowest BCUT2D eigenvalue weighted by Crippen LogP contribution is -2.38. The van der Waals surface area contributed by atoms with Gasteiger partial charge in [0.1, 0.15) is 0 Å². The number of hydrogen-bond acceptors (Lipinski definition) is 3. The third-order valence-corrected chi connectivity index (χ3v) is 2.11. The van der Waals surface area contributed by atoms with Gasteiger partial charge in [-0.15, -0.1) is 0 Å². The zero-order valence-electron chi connectivity index (χ0n) is 9.59. The molecule has 0 fully saturated rings. The van der Waals surface area contributed by atoms with E-state index in [9.17, 15) is 4.79 Å². The highest BCUT2D eigenvalue weighted by Gasteiger charge is 2.12. The summed E-state index contributed by atoms with van der Waals surface area (Å²) in [5.74, 6) is 0.0915. The number of carbonyl (C=O) groups excluding carboxylic acids is 1. The monoisotopic (exact) mass is 202 g/mol. The Labute approximate surface area is 86.4 Å². The highest BCUT2D eigenvalue weighted by atomic mass is 16.5. The van der Waals surface area contributed by atoms with Crippen molar-refractivity contribution < 1.29 is 9.53 Å². The molecule has 0 aliphatic heterocycles. The second-order valence-electron chi connectivity index (χ2n) is 3.50. The van der Waals surface area contributed by atoms with Gasteiger partial charge in [-0.3, -0.25) is 4.79 Å². The Morgan fingerprint density at radius 3 is 2.50 bits per heavy atom. The Balaban J connectivity index is 3.61. The zero-order chi connectivity index (χ0) is 11.0. The third kappa shape index (κ3) is 5.94. The molecule has 4 heteroatoms. The van der Waals surface area contributed by atoms with Gasteiger partial charge in [0.05, 0.1) is 6.10 Å². The molecule has 2 N–H and O–H groups in total. The van der Waals surface area contributed by atoms with Crippen LogP contribution >= 0.6 is 0 Å². The van der Waals surface area contributed by atoms with E-state index < -0.39 is 0 Å². The smallest absolute Gasteiger partial charge is 0.224 e. The first-order valence-electron chi connectivity index (χ1n) is 5.13. The Morgan fingerprint density at radius 2 is 2.00 bits per heavy atom. The number of nitrogens with one attached hydrogen (secondary N) is 2. The molecule has 0 aromatic rings. The topological polar surface area (TPSA) is 50.4 Å². The summed E-state index contributed by atoms with van der Waals surface area (Å²) in [6.45, 7) is 8.06. The molecule has 0 aliphatic rings. The van der Waals surface area contributed by atoms with Crippen molar-refractivity contribution in [2.45, 2.75) is 26.9 Å². The molecule has 4 nitrogen and oxygen atoms in total. The first-order valence-corrected chi connectivity index (χ1v) is 5.13. The lowest BCUT2D eigenvalue weighted by atomic mass is 10.1. The molecule has 0 aromatic heterocycles. The quantitative estimate of drug-likeness (QED) is 0.627. The largest absolute Gasteiger partial charge is 0.380 e. The summed E-state index contributed by atoms with van der Waals surface area (Å²) in [4.78, 5) is 11.5. The average Bonchev–Trinajstić information content (AvgIpc) is 2.21. The van der Waals surface area contributed by atoms with Crippen molar-refractivity contribution >= 4 is 5.91 Å². The minimum atomic E-state index is 0.0130. The van der Waals surface area contributed by atoms with Crippen molar-refractivity contribution in [1.82, 2.24) is 10.6 Å². The molecule has 0 saturated heterocycles. The van der Waals surface area contributed by atoms with Crippen LogP contribution in [0, 0.1) is 5.92 Å². The van der Waals surface area contributed by atoms with E-state index in [1.54, 1.807) is 7.11 Å². The van der Waals surface area contributed by atoms with Crippen molar-refractivity contribution in [3.8, 4) is 0 Å². The van der Waals surface area contributed by atoms with Crippen molar-refractivity contribution in [3.05, 3.63) is 0 Å². The predicted octanol–water partition coefficient (Wildman–Crippen LogP) is 0.383. The summed E-state index contributed by atoms with van der Waals surface area (Å²) in [6, 6.07) is 0. The van der Waals surface area contributed by atoms with E-state index in [1.165, 1.54) is 0 Å². The maximum atomic E-state index is 11.5. The fraction of sp³-hybridized carbons (Fsp3) is 0.900. The molecule has 0 rings (SSSR count). The first kappa shape index (κ1) is 13.4. The minimum absolute atomic E-state index is 0.0130. The van der Waals surface area contributed by atoms with E-state index in [1.807, 2.05) is 20.8 Å². The molecule has 84 valence electrons. The summed E-state index contributed by atoms with van der Waals surface area (Å²) in [7, 11) is 1.64. The molecule has 0 spiro atoms. The van der Waals surface area contributed by atoms with Gasteiger partial charge in [-0.1, -0.05) is 13.8 Å². The molecule has 0 aliphatic carbocycles. The van der Waals surface area contributed by atoms with Gasteiger partial charge in [-0.2, -0.15) is 0 Å². The maximum absolute atomic E-state index is 11.5. The zero-order valence-corrected chi connectivity index (χ0v) is 9.59. The van der Waals surface area contributed by atoms with Gasteiger partial charge in [0, 0.05) is 26.1 Å². The molecular weight excluding hydrogens is 180 g/mol. The van der Waals surface area contributed by atoms with Crippen LogP contribution in [-0.4, -0.2) is 38.8 Å². The Kier molecular flexibility index (Phi) is 7.42. The molecule has 1 amide bonds. The first-order chi connectivity index (χ1) is 6.61. The Hall–Kier alpha value is -0.610. The summed E-state index contributed by atoms with van der Waals surface area (Å²) in [5, 5.41) is 5.98. The van der Waals surface area contributed by atoms with Crippen LogP contribution in [0.15, 0.2) is 0 Å². The van der Waals surface area contributed by atoms with Crippen molar-refractivity contribution in [2.24, 2.45) is 5.92 Å². The van der Waals surface area contributed by atoms with E-state index in [2.05, 4.69) is 10.6 Å². The number of ether oxygens (including phenoxy) is 1. The van der Waals surface area contributed by atoms with E-state index in [0.29, 0.717) is 6.54 Å². The highest BCUT2D eigenvalue weighted by molar-refractivity contribution is 5.78.